The summed E-state index contributed by atoms with van der Waals surface area (Å²) >= 11 is 6.09. The maximum atomic E-state index is 12.0. The van der Waals surface area contributed by atoms with Gasteiger partial charge in [0.25, 0.3) is 0 Å². The number of carbonyl (C=O) groups excluding carboxylic acids is 1. The van der Waals surface area contributed by atoms with Crippen molar-refractivity contribution in [2.45, 2.75) is 26.2 Å². The summed E-state index contributed by atoms with van der Waals surface area (Å²) in [5, 5.41) is 11.1. The first kappa shape index (κ1) is 12.2. The van der Waals surface area contributed by atoms with Gasteiger partial charge in [0.15, 0.2) is 11.6 Å². The second kappa shape index (κ2) is 4.70. The topological polar surface area (TPSA) is 57.8 Å². The highest BCUT2D eigenvalue weighted by Crippen LogP contribution is 2.30. The molecule has 2 aromatic rings. The van der Waals surface area contributed by atoms with E-state index in [1.165, 1.54) is 0 Å². The Balaban J connectivity index is 1.98. The lowest BCUT2D eigenvalue weighted by atomic mass is 9.96. The molecule has 2 N–H and O–H groups in total. The molecule has 0 atom stereocenters. The van der Waals surface area contributed by atoms with Crippen LogP contribution < -0.4 is 5.32 Å². The number of hydrogen-bond donors (Lipinski definition) is 2. The summed E-state index contributed by atoms with van der Waals surface area (Å²) in [6.07, 6.45) is 2.36. The van der Waals surface area contributed by atoms with Gasteiger partial charge in [0.05, 0.1) is 5.56 Å². The minimum absolute atomic E-state index is 0.150. The molecule has 0 radical (unpaired) electrons. The van der Waals surface area contributed by atoms with Crippen molar-refractivity contribution in [1.29, 1.82) is 0 Å². The number of anilines is 2. The normalized spacial score (nSPS) is 14.3. The lowest BCUT2D eigenvalue weighted by Crippen LogP contribution is -2.11. The number of benzene rings is 1. The van der Waals surface area contributed by atoms with Crippen molar-refractivity contribution < 1.29 is 4.79 Å². The lowest BCUT2D eigenvalue weighted by molar-refractivity contribution is 0.0973. The fourth-order valence-corrected chi connectivity index (χ4v) is 2.55. The number of hydrogen-bond acceptors (Lipinski definition) is 3. The number of aryl methyl sites for hydroxylation is 1. The summed E-state index contributed by atoms with van der Waals surface area (Å²) in [5.74, 6) is 0.752. The van der Waals surface area contributed by atoms with E-state index in [-0.39, 0.29) is 5.78 Å². The fourth-order valence-electron chi connectivity index (χ4n) is 2.37. The quantitative estimate of drug-likeness (QED) is 0.880. The first-order chi connectivity index (χ1) is 9.16. The number of aromatic amines is 1. The molecule has 0 fully saturated rings. The number of H-pyrrole nitrogens is 1. The first-order valence-corrected chi connectivity index (χ1v) is 6.67. The van der Waals surface area contributed by atoms with E-state index in [1.807, 2.05) is 25.1 Å². The molecule has 98 valence electrons. The average Bonchev–Trinajstić information content (AvgIpc) is 2.80. The van der Waals surface area contributed by atoms with E-state index in [9.17, 15) is 4.79 Å². The number of halogens is 1. The zero-order valence-corrected chi connectivity index (χ0v) is 11.3. The van der Waals surface area contributed by atoms with Crippen LogP contribution in [0.15, 0.2) is 18.2 Å². The molecule has 3 rings (SSSR count). The number of carbonyl (C=O) groups is 1. The molecule has 0 bridgehead atoms. The molecule has 5 heteroatoms. The molecule has 1 heterocycles. The second-order valence-electron chi connectivity index (χ2n) is 4.74. The molecule has 1 aliphatic rings. The van der Waals surface area contributed by atoms with E-state index >= 15 is 0 Å². The van der Waals surface area contributed by atoms with Gasteiger partial charge in [-0.05, 0) is 37.5 Å². The maximum absolute atomic E-state index is 12.0. The van der Waals surface area contributed by atoms with E-state index in [1.54, 1.807) is 0 Å². The largest absolute Gasteiger partial charge is 0.338 e. The number of aromatic nitrogens is 2. The van der Waals surface area contributed by atoms with Crippen molar-refractivity contribution in [3.05, 3.63) is 40.0 Å². The zero-order chi connectivity index (χ0) is 13.4. The fraction of sp³-hybridized carbons (Fsp3) is 0.286. The zero-order valence-electron chi connectivity index (χ0n) is 10.6. The molecule has 0 saturated heterocycles. The third-order valence-corrected chi connectivity index (χ3v) is 3.88. The van der Waals surface area contributed by atoms with Crippen LogP contribution in [0.5, 0.6) is 0 Å². The van der Waals surface area contributed by atoms with Gasteiger partial charge in [-0.3, -0.25) is 9.89 Å². The summed E-state index contributed by atoms with van der Waals surface area (Å²) in [6.45, 7) is 1.94. The summed E-state index contributed by atoms with van der Waals surface area (Å²) < 4.78 is 0. The van der Waals surface area contributed by atoms with Crippen molar-refractivity contribution in [1.82, 2.24) is 10.2 Å². The van der Waals surface area contributed by atoms with Crippen LogP contribution in [0.3, 0.4) is 0 Å². The van der Waals surface area contributed by atoms with Crippen LogP contribution >= 0.6 is 11.6 Å². The van der Waals surface area contributed by atoms with Gasteiger partial charge in [-0.2, -0.15) is 5.10 Å². The number of fused-ring (bicyclic) bond motifs is 1. The maximum Gasteiger partial charge on any atom is 0.168 e. The van der Waals surface area contributed by atoms with Crippen LogP contribution in [0.25, 0.3) is 0 Å². The van der Waals surface area contributed by atoms with E-state index < -0.39 is 0 Å². The van der Waals surface area contributed by atoms with Crippen molar-refractivity contribution in [2.24, 2.45) is 0 Å². The number of rotatable bonds is 2. The Kier molecular flexibility index (Phi) is 3.03. The highest BCUT2D eigenvalue weighted by molar-refractivity contribution is 6.31. The molecule has 4 nitrogen and oxygen atoms in total. The summed E-state index contributed by atoms with van der Waals surface area (Å²) in [4.78, 5) is 12.0. The van der Waals surface area contributed by atoms with E-state index in [2.05, 4.69) is 15.5 Å². The van der Waals surface area contributed by atoms with Gasteiger partial charge >= 0.3 is 0 Å². The van der Waals surface area contributed by atoms with Crippen molar-refractivity contribution in [3.8, 4) is 0 Å². The standard InChI is InChI=1S/C14H14ClN3O/c1-8-9(15)4-2-5-10(8)16-14-13-11(17-18-14)6-3-7-12(13)19/h2,4-5H,3,6-7H2,1H3,(H2,16,17,18). The Morgan fingerprint density at radius 3 is 3.05 bits per heavy atom. The Hall–Kier alpha value is -1.81. The highest BCUT2D eigenvalue weighted by atomic mass is 35.5. The minimum Gasteiger partial charge on any atom is -0.338 e. The number of nitrogens with zero attached hydrogens (tertiary/aromatic N) is 1. The molecule has 0 aliphatic heterocycles. The molecule has 0 saturated carbocycles. The Bertz CT molecular complexity index is 648. The average molecular weight is 276 g/mol. The van der Waals surface area contributed by atoms with Crippen molar-refractivity contribution in [3.63, 3.8) is 0 Å². The van der Waals surface area contributed by atoms with Crippen LogP contribution in [-0.4, -0.2) is 16.0 Å². The summed E-state index contributed by atoms with van der Waals surface area (Å²) in [5.41, 5.74) is 3.45. The Morgan fingerprint density at radius 1 is 1.37 bits per heavy atom. The molecule has 1 aliphatic carbocycles. The monoisotopic (exact) mass is 275 g/mol. The SMILES string of the molecule is Cc1c(Cl)cccc1Nc1n[nH]c2c1C(=O)CCC2. The van der Waals surface area contributed by atoms with Crippen LogP contribution in [0, 0.1) is 6.92 Å². The predicted octanol–water partition coefficient (Wildman–Crippen LogP) is 3.63. The van der Waals surface area contributed by atoms with E-state index in [0.717, 1.165) is 29.8 Å². The molecule has 1 aromatic heterocycles. The van der Waals surface area contributed by atoms with E-state index in [0.29, 0.717) is 22.8 Å². The second-order valence-corrected chi connectivity index (χ2v) is 5.15. The minimum atomic E-state index is 0.150. The third kappa shape index (κ3) is 2.12. The van der Waals surface area contributed by atoms with Crippen LogP contribution in [0.2, 0.25) is 5.02 Å². The lowest BCUT2D eigenvalue weighted by Gasteiger charge is -2.12. The molecule has 1 aromatic carbocycles. The predicted molar refractivity (Wildman–Crippen MR) is 75.3 cm³/mol. The number of ketones is 1. The molecular formula is C14H14ClN3O. The smallest absolute Gasteiger partial charge is 0.168 e. The molecule has 0 spiro atoms. The van der Waals surface area contributed by atoms with Gasteiger partial charge in [-0.1, -0.05) is 17.7 Å². The van der Waals surface area contributed by atoms with Crippen molar-refractivity contribution >= 4 is 28.9 Å². The van der Waals surface area contributed by atoms with Gasteiger partial charge < -0.3 is 5.32 Å². The molecule has 19 heavy (non-hydrogen) atoms. The first-order valence-electron chi connectivity index (χ1n) is 6.29. The van der Waals surface area contributed by atoms with Gasteiger partial charge in [0, 0.05) is 22.8 Å². The number of nitrogens with one attached hydrogen (secondary N) is 2. The van der Waals surface area contributed by atoms with Crippen LogP contribution in [0.4, 0.5) is 11.5 Å². The summed E-state index contributed by atoms with van der Waals surface area (Å²) in [7, 11) is 0. The van der Waals surface area contributed by atoms with Gasteiger partial charge in [0.1, 0.15) is 0 Å². The van der Waals surface area contributed by atoms with Crippen LogP contribution in [0.1, 0.15) is 34.5 Å². The third-order valence-electron chi connectivity index (χ3n) is 3.47. The van der Waals surface area contributed by atoms with Gasteiger partial charge in [-0.15, -0.1) is 0 Å². The Labute approximate surface area is 116 Å². The molecule has 0 amide bonds. The van der Waals surface area contributed by atoms with Crippen LogP contribution in [-0.2, 0) is 6.42 Å². The molecular weight excluding hydrogens is 262 g/mol. The number of Topliss-reactive ketones (excluding diaryl/α,β-unsaturated/α-hetero) is 1. The Morgan fingerprint density at radius 2 is 2.21 bits per heavy atom. The molecule has 0 unspecified atom stereocenters. The van der Waals surface area contributed by atoms with E-state index in [4.69, 9.17) is 11.6 Å². The van der Waals surface area contributed by atoms with Gasteiger partial charge in [0.2, 0.25) is 0 Å². The van der Waals surface area contributed by atoms with Crippen molar-refractivity contribution in [2.75, 3.05) is 5.32 Å². The highest BCUT2D eigenvalue weighted by Gasteiger charge is 2.24. The summed E-state index contributed by atoms with van der Waals surface area (Å²) in [6, 6.07) is 5.64. The van der Waals surface area contributed by atoms with Gasteiger partial charge in [-0.25, -0.2) is 0 Å².